The third-order valence-electron chi connectivity index (χ3n) is 2.17. The second-order valence-corrected chi connectivity index (χ2v) is 5.23. The van der Waals surface area contributed by atoms with Crippen molar-refractivity contribution < 1.29 is 0 Å². The van der Waals surface area contributed by atoms with Crippen LogP contribution in [0.2, 0.25) is 0 Å². The number of nitrogens with one attached hydrogen (secondary N) is 1. The van der Waals surface area contributed by atoms with E-state index in [4.69, 9.17) is 5.73 Å². The first-order valence-corrected chi connectivity index (χ1v) is 7.06. The monoisotopic (exact) mass is 253 g/mol. The van der Waals surface area contributed by atoms with Crippen LogP contribution < -0.4 is 11.1 Å². The van der Waals surface area contributed by atoms with Crippen LogP contribution in [-0.4, -0.2) is 11.5 Å². The second-order valence-electron chi connectivity index (χ2n) is 3.51. The Balaban J connectivity index is 1.76. The van der Waals surface area contributed by atoms with Gasteiger partial charge in [-0.3, -0.25) is 0 Å². The lowest BCUT2D eigenvalue weighted by atomic mass is 10.3. The van der Waals surface area contributed by atoms with Gasteiger partial charge in [0.25, 0.3) is 0 Å². The maximum absolute atomic E-state index is 5.49. The SMILES string of the molecule is NCCc1nc(CNCc2ccsc2)cs1. The minimum atomic E-state index is 0.676. The molecule has 0 aliphatic rings. The number of thiophene rings is 1. The summed E-state index contributed by atoms with van der Waals surface area (Å²) in [4.78, 5) is 4.50. The zero-order chi connectivity index (χ0) is 11.2. The quantitative estimate of drug-likeness (QED) is 0.828. The Hall–Kier alpha value is -0.750. The lowest BCUT2D eigenvalue weighted by Gasteiger charge is -1.99. The van der Waals surface area contributed by atoms with E-state index in [9.17, 15) is 0 Å². The molecule has 0 aliphatic heterocycles. The molecule has 0 unspecified atom stereocenters. The van der Waals surface area contributed by atoms with Gasteiger partial charge in [-0.2, -0.15) is 11.3 Å². The van der Waals surface area contributed by atoms with Crippen LogP contribution in [0.1, 0.15) is 16.3 Å². The summed E-state index contributed by atoms with van der Waals surface area (Å²) in [5.41, 5.74) is 7.94. The summed E-state index contributed by atoms with van der Waals surface area (Å²) in [5, 5.41) is 10.9. The standard InChI is InChI=1S/C11H15N3S2/c12-3-1-11-14-10(8-16-11)6-13-5-9-2-4-15-7-9/h2,4,7-8,13H,1,3,5-6,12H2. The highest BCUT2D eigenvalue weighted by Crippen LogP contribution is 2.10. The van der Waals surface area contributed by atoms with E-state index in [2.05, 4.69) is 32.5 Å². The second kappa shape index (κ2) is 6.10. The van der Waals surface area contributed by atoms with Gasteiger partial charge >= 0.3 is 0 Å². The fraction of sp³-hybridized carbons (Fsp3) is 0.364. The van der Waals surface area contributed by atoms with E-state index in [1.54, 1.807) is 22.7 Å². The van der Waals surface area contributed by atoms with Crippen molar-refractivity contribution in [3.8, 4) is 0 Å². The Bertz CT molecular complexity index is 409. The van der Waals surface area contributed by atoms with Gasteiger partial charge in [0, 0.05) is 24.9 Å². The molecule has 0 fully saturated rings. The first-order valence-electron chi connectivity index (χ1n) is 5.23. The van der Waals surface area contributed by atoms with Gasteiger partial charge in [0.05, 0.1) is 10.7 Å². The van der Waals surface area contributed by atoms with Gasteiger partial charge in [0.15, 0.2) is 0 Å². The topological polar surface area (TPSA) is 50.9 Å². The highest BCUT2D eigenvalue weighted by Gasteiger charge is 2.00. The fourth-order valence-electron chi connectivity index (χ4n) is 1.40. The van der Waals surface area contributed by atoms with Crippen molar-refractivity contribution in [1.29, 1.82) is 0 Å². The molecule has 0 spiro atoms. The highest BCUT2D eigenvalue weighted by molar-refractivity contribution is 7.09. The summed E-state index contributed by atoms with van der Waals surface area (Å²) >= 11 is 3.42. The maximum Gasteiger partial charge on any atom is 0.0941 e. The van der Waals surface area contributed by atoms with E-state index < -0.39 is 0 Å². The molecule has 0 aromatic carbocycles. The van der Waals surface area contributed by atoms with Crippen LogP contribution in [-0.2, 0) is 19.5 Å². The minimum Gasteiger partial charge on any atom is -0.330 e. The number of rotatable bonds is 6. The first kappa shape index (κ1) is 11.7. The molecule has 2 rings (SSSR count). The van der Waals surface area contributed by atoms with Crippen molar-refractivity contribution >= 4 is 22.7 Å². The Kier molecular flexibility index (Phi) is 4.47. The van der Waals surface area contributed by atoms with Crippen molar-refractivity contribution in [1.82, 2.24) is 10.3 Å². The molecule has 2 aromatic heterocycles. The van der Waals surface area contributed by atoms with Gasteiger partial charge in [-0.05, 0) is 28.9 Å². The summed E-state index contributed by atoms with van der Waals surface area (Å²) < 4.78 is 0. The van der Waals surface area contributed by atoms with Gasteiger partial charge in [-0.15, -0.1) is 11.3 Å². The average molecular weight is 253 g/mol. The molecule has 2 heterocycles. The van der Waals surface area contributed by atoms with Crippen LogP contribution in [0, 0.1) is 0 Å². The molecule has 0 amide bonds. The van der Waals surface area contributed by atoms with Crippen molar-refractivity contribution in [3.63, 3.8) is 0 Å². The Morgan fingerprint density at radius 2 is 2.25 bits per heavy atom. The smallest absolute Gasteiger partial charge is 0.0941 e. The van der Waals surface area contributed by atoms with Crippen LogP contribution >= 0.6 is 22.7 Å². The first-order chi connectivity index (χ1) is 7.88. The van der Waals surface area contributed by atoms with Crippen molar-refractivity contribution in [3.05, 3.63) is 38.5 Å². The number of hydrogen-bond acceptors (Lipinski definition) is 5. The molecule has 16 heavy (non-hydrogen) atoms. The molecule has 0 bridgehead atoms. The Morgan fingerprint density at radius 3 is 3.00 bits per heavy atom. The van der Waals surface area contributed by atoms with Gasteiger partial charge in [-0.1, -0.05) is 0 Å². The van der Waals surface area contributed by atoms with Crippen LogP contribution in [0.4, 0.5) is 0 Å². The Morgan fingerprint density at radius 1 is 1.31 bits per heavy atom. The molecule has 3 nitrogen and oxygen atoms in total. The van der Waals surface area contributed by atoms with Gasteiger partial charge in [0.1, 0.15) is 0 Å². The molecule has 5 heteroatoms. The molecule has 3 N–H and O–H groups in total. The number of nitrogens with zero attached hydrogens (tertiary/aromatic N) is 1. The van der Waals surface area contributed by atoms with E-state index in [0.29, 0.717) is 6.54 Å². The third kappa shape index (κ3) is 3.38. The van der Waals surface area contributed by atoms with Gasteiger partial charge < -0.3 is 11.1 Å². The summed E-state index contributed by atoms with van der Waals surface area (Å²) in [6.07, 6.45) is 0.884. The number of thiazole rings is 1. The zero-order valence-electron chi connectivity index (χ0n) is 8.98. The van der Waals surface area contributed by atoms with E-state index in [1.165, 1.54) is 5.56 Å². The molecular weight excluding hydrogens is 238 g/mol. The predicted molar refractivity (Wildman–Crippen MR) is 69.7 cm³/mol. The van der Waals surface area contributed by atoms with Crippen molar-refractivity contribution in [2.24, 2.45) is 5.73 Å². The fourth-order valence-corrected chi connectivity index (χ4v) is 2.88. The summed E-state index contributed by atoms with van der Waals surface area (Å²) in [6.45, 7) is 2.42. The Labute approximate surface area is 103 Å². The summed E-state index contributed by atoms with van der Waals surface area (Å²) in [6, 6.07) is 2.14. The lowest BCUT2D eigenvalue weighted by molar-refractivity contribution is 0.682. The van der Waals surface area contributed by atoms with Crippen molar-refractivity contribution in [2.45, 2.75) is 19.5 Å². The average Bonchev–Trinajstić information content (AvgIpc) is 2.90. The maximum atomic E-state index is 5.49. The molecule has 86 valence electrons. The van der Waals surface area contributed by atoms with Crippen LogP contribution in [0.3, 0.4) is 0 Å². The molecule has 0 aliphatic carbocycles. The van der Waals surface area contributed by atoms with E-state index in [1.807, 2.05) is 0 Å². The lowest BCUT2D eigenvalue weighted by Crippen LogP contribution is -2.12. The van der Waals surface area contributed by atoms with E-state index in [-0.39, 0.29) is 0 Å². The van der Waals surface area contributed by atoms with E-state index in [0.717, 1.165) is 30.2 Å². The highest BCUT2D eigenvalue weighted by atomic mass is 32.1. The largest absolute Gasteiger partial charge is 0.330 e. The molecule has 0 saturated heterocycles. The number of hydrogen-bond donors (Lipinski definition) is 2. The normalized spacial score (nSPS) is 10.8. The summed E-state index contributed by atoms with van der Waals surface area (Å²) in [5.74, 6) is 0. The van der Waals surface area contributed by atoms with Crippen molar-refractivity contribution in [2.75, 3.05) is 6.54 Å². The third-order valence-corrected chi connectivity index (χ3v) is 3.86. The summed E-state index contributed by atoms with van der Waals surface area (Å²) in [7, 11) is 0. The molecular formula is C11H15N3S2. The molecule has 0 atom stereocenters. The van der Waals surface area contributed by atoms with E-state index >= 15 is 0 Å². The molecule has 0 saturated carbocycles. The minimum absolute atomic E-state index is 0.676. The molecule has 0 radical (unpaired) electrons. The van der Waals surface area contributed by atoms with Crippen LogP contribution in [0.5, 0.6) is 0 Å². The molecule has 2 aromatic rings. The van der Waals surface area contributed by atoms with Crippen LogP contribution in [0.25, 0.3) is 0 Å². The zero-order valence-corrected chi connectivity index (χ0v) is 10.6. The number of nitrogens with two attached hydrogens (primary N) is 1. The van der Waals surface area contributed by atoms with Gasteiger partial charge in [0.2, 0.25) is 0 Å². The predicted octanol–water partition coefficient (Wildman–Crippen LogP) is 2.00. The van der Waals surface area contributed by atoms with Gasteiger partial charge in [-0.25, -0.2) is 4.98 Å². The van der Waals surface area contributed by atoms with Crippen LogP contribution in [0.15, 0.2) is 22.2 Å². The number of aromatic nitrogens is 1.